The fourth-order valence-corrected chi connectivity index (χ4v) is 6.54. The first-order valence-electron chi connectivity index (χ1n) is 11.6. The predicted molar refractivity (Wildman–Crippen MR) is 128 cm³/mol. The zero-order chi connectivity index (χ0) is 21.8. The van der Waals surface area contributed by atoms with E-state index >= 15 is 0 Å². The number of carbonyl (C=O) groups excluding carboxylic acids is 1. The lowest BCUT2D eigenvalue weighted by atomic mass is 9.94. The number of anilines is 1. The van der Waals surface area contributed by atoms with E-state index < -0.39 is 10.8 Å². The Morgan fingerprint density at radius 2 is 1.87 bits per heavy atom. The van der Waals surface area contributed by atoms with Gasteiger partial charge in [-0.1, -0.05) is 11.6 Å². The van der Waals surface area contributed by atoms with Crippen LogP contribution in [0.3, 0.4) is 0 Å². The summed E-state index contributed by atoms with van der Waals surface area (Å²) in [6.45, 7) is 8.85. The molecule has 0 unspecified atom stereocenters. The summed E-state index contributed by atoms with van der Waals surface area (Å²) in [5.74, 6) is 2.47. The van der Waals surface area contributed by atoms with Crippen LogP contribution in [0.2, 0.25) is 5.02 Å². The maximum atomic E-state index is 12.6. The van der Waals surface area contributed by atoms with Crippen molar-refractivity contribution in [3.05, 3.63) is 28.8 Å². The molecule has 3 aliphatic rings. The Balaban J connectivity index is 1.21. The Morgan fingerprint density at radius 3 is 2.58 bits per heavy atom. The number of likely N-dealkylation sites (tertiary alicyclic amines) is 1. The topological polar surface area (TPSA) is 55.9 Å². The molecule has 0 bridgehead atoms. The largest absolute Gasteiger partial charge is 0.322 e. The molecule has 1 aromatic rings. The number of aryl methyl sites for hydroxylation is 1. The maximum absolute atomic E-state index is 12.6. The molecule has 0 radical (unpaired) electrons. The van der Waals surface area contributed by atoms with Crippen molar-refractivity contribution in [2.45, 2.75) is 38.6 Å². The normalized spacial score (nSPS) is 28.5. The lowest BCUT2D eigenvalue weighted by Crippen LogP contribution is -2.53. The zero-order valence-electron chi connectivity index (χ0n) is 18.5. The van der Waals surface area contributed by atoms with E-state index in [1.165, 1.54) is 25.9 Å². The van der Waals surface area contributed by atoms with Gasteiger partial charge in [0.25, 0.3) is 0 Å². The van der Waals surface area contributed by atoms with Crippen molar-refractivity contribution < 1.29 is 9.00 Å². The van der Waals surface area contributed by atoms with Crippen LogP contribution in [0.15, 0.2) is 18.2 Å². The van der Waals surface area contributed by atoms with Gasteiger partial charge in [0.2, 0.25) is 0 Å². The smallest absolute Gasteiger partial charge is 0.321 e. The molecule has 0 aliphatic carbocycles. The van der Waals surface area contributed by atoms with Crippen LogP contribution in [0.1, 0.15) is 31.2 Å². The monoisotopic (exact) mass is 466 g/mol. The Bertz CT molecular complexity index is 790. The fraction of sp³-hybridized carbons (Fsp3) is 0.696. The number of carbonyl (C=O) groups is 1. The number of hydrogen-bond donors (Lipinski definition) is 1. The van der Waals surface area contributed by atoms with Gasteiger partial charge in [-0.05, 0) is 68.8 Å². The quantitative estimate of drug-likeness (QED) is 0.738. The molecule has 0 aromatic heterocycles. The lowest BCUT2D eigenvalue weighted by molar-refractivity contribution is 0.0780. The second kappa shape index (κ2) is 10.6. The van der Waals surface area contributed by atoms with E-state index in [9.17, 15) is 9.00 Å². The molecule has 172 valence electrons. The van der Waals surface area contributed by atoms with Gasteiger partial charge in [-0.3, -0.25) is 9.11 Å². The van der Waals surface area contributed by atoms with Gasteiger partial charge in [-0.2, -0.15) is 0 Å². The summed E-state index contributed by atoms with van der Waals surface area (Å²) in [5, 5.41) is 3.72. The van der Waals surface area contributed by atoms with Crippen molar-refractivity contribution in [1.29, 1.82) is 0 Å². The van der Waals surface area contributed by atoms with Crippen LogP contribution in [0.25, 0.3) is 0 Å². The van der Waals surface area contributed by atoms with E-state index in [-0.39, 0.29) is 6.03 Å². The third kappa shape index (κ3) is 6.21. The van der Waals surface area contributed by atoms with Gasteiger partial charge >= 0.3 is 6.03 Å². The van der Waals surface area contributed by atoms with Gasteiger partial charge in [0.15, 0.2) is 0 Å². The second-order valence-electron chi connectivity index (χ2n) is 9.26. The number of piperazine rings is 1. The van der Waals surface area contributed by atoms with E-state index in [2.05, 4.69) is 15.1 Å². The molecule has 1 atom stereocenters. The molecular formula is C23H35ClN4O2S. The van der Waals surface area contributed by atoms with Crippen LogP contribution in [0, 0.1) is 12.8 Å². The minimum Gasteiger partial charge on any atom is -0.322 e. The minimum atomic E-state index is -0.581. The van der Waals surface area contributed by atoms with Crippen molar-refractivity contribution in [2.75, 3.05) is 62.6 Å². The van der Waals surface area contributed by atoms with Gasteiger partial charge in [-0.15, -0.1) is 0 Å². The lowest BCUT2D eigenvalue weighted by Gasteiger charge is -2.42. The summed E-state index contributed by atoms with van der Waals surface area (Å²) in [6, 6.07) is 6.19. The minimum absolute atomic E-state index is 0.0279. The number of urea groups is 1. The van der Waals surface area contributed by atoms with Crippen LogP contribution in [-0.4, -0.2) is 88.3 Å². The predicted octanol–water partition coefficient (Wildman–Crippen LogP) is 3.42. The molecule has 3 aliphatic heterocycles. The number of amides is 2. The number of nitrogens with one attached hydrogen (secondary N) is 1. The molecule has 8 heteroatoms. The van der Waals surface area contributed by atoms with Crippen molar-refractivity contribution in [3.8, 4) is 0 Å². The molecule has 0 spiro atoms. The van der Waals surface area contributed by atoms with E-state index in [4.69, 9.17) is 11.6 Å². The third-order valence-corrected chi connectivity index (χ3v) is 8.82. The molecule has 3 saturated heterocycles. The SMILES string of the molecule is Cc1cc(NC(=O)N2CCN(C[C@@H]3CCCN(C4CCS(=O)CC4)C3)CC2)ccc1Cl. The second-order valence-corrected chi connectivity index (χ2v) is 11.4. The first kappa shape index (κ1) is 23.0. The Kier molecular flexibility index (Phi) is 7.91. The Hall–Kier alpha value is -1.15. The summed E-state index contributed by atoms with van der Waals surface area (Å²) in [5.41, 5.74) is 1.76. The molecule has 3 heterocycles. The number of benzene rings is 1. The Labute approximate surface area is 193 Å². The van der Waals surface area contributed by atoms with Gasteiger partial charge in [0.1, 0.15) is 0 Å². The zero-order valence-corrected chi connectivity index (χ0v) is 20.1. The number of halogens is 1. The van der Waals surface area contributed by atoms with Crippen molar-refractivity contribution in [2.24, 2.45) is 5.92 Å². The van der Waals surface area contributed by atoms with Gasteiger partial charge in [0.05, 0.1) is 0 Å². The summed E-state index contributed by atoms with van der Waals surface area (Å²) in [7, 11) is -0.581. The highest BCUT2D eigenvalue weighted by Gasteiger charge is 2.30. The molecule has 6 nitrogen and oxygen atoms in total. The van der Waals surface area contributed by atoms with Gasteiger partial charge < -0.3 is 15.1 Å². The van der Waals surface area contributed by atoms with Crippen LogP contribution in [0.4, 0.5) is 10.5 Å². The van der Waals surface area contributed by atoms with Crippen molar-refractivity contribution in [1.82, 2.24) is 14.7 Å². The average molecular weight is 467 g/mol. The van der Waals surface area contributed by atoms with Gasteiger partial charge in [-0.25, -0.2) is 4.79 Å². The number of piperidine rings is 1. The van der Waals surface area contributed by atoms with Crippen LogP contribution >= 0.6 is 11.6 Å². The summed E-state index contributed by atoms with van der Waals surface area (Å²) >= 11 is 6.08. The Morgan fingerprint density at radius 1 is 1.13 bits per heavy atom. The van der Waals surface area contributed by atoms with E-state index in [0.29, 0.717) is 17.0 Å². The fourth-order valence-electron chi connectivity index (χ4n) is 5.15. The number of hydrogen-bond acceptors (Lipinski definition) is 4. The molecule has 31 heavy (non-hydrogen) atoms. The van der Waals surface area contributed by atoms with Crippen molar-refractivity contribution in [3.63, 3.8) is 0 Å². The summed E-state index contributed by atoms with van der Waals surface area (Å²) < 4.78 is 11.7. The molecule has 0 saturated carbocycles. The van der Waals surface area contributed by atoms with Crippen LogP contribution < -0.4 is 5.32 Å². The van der Waals surface area contributed by atoms with Gasteiger partial charge in [0, 0.05) is 78.3 Å². The summed E-state index contributed by atoms with van der Waals surface area (Å²) in [4.78, 5) is 19.7. The highest BCUT2D eigenvalue weighted by molar-refractivity contribution is 7.85. The van der Waals surface area contributed by atoms with Crippen LogP contribution in [0.5, 0.6) is 0 Å². The highest BCUT2D eigenvalue weighted by Crippen LogP contribution is 2.25. The van der Waals surface area contributed by atoms with E-state index in [0.717, 1.165) is 68.3 Å². The first-order chi connectivity index (χ1) is 15.0. The number of rotatable bonds is 4. The molecule has 1 aromatic carbocycles. The molecule has 4 rings (SSSR count). The standard InChI is InChI=1S/C23H35ClN4O2S/c1-18-15-20(4-5-22(18)24)25-23(29)27-11-9-26(10-12-27)16-19-3-2-8-28(17-19)21-6-13-31(30)14-7-21/h4-5,15,19,21H,2-3,6-14,16-17H2,1H3,(H,25,29)/t19-,21?,31?/m0/s1. The average Bonchev–Trinajstić information content (AvgIpc) is 2.77. The van der Waals surface area contributed by atoms with E-state index in [1.54, 1.807) is 0 Å². The first-order valence-corrected chi connectivity index (χ1v) is 13.5. The molecule has 2 amide bonds. The van der Waals surface area contributed by atoms with Crippen LogP contribution in [-0.2, 0) is 10.8 Å². The summed E-state index contributed by atoms with van der Waals surface area (Å²) in [6.07, 6.45) is 4.76. The maximum Gasteiger partial charge on any atom is 0.321 e. The molecular weight excluding hydrogens is 432 g/mol. The number of nitrogens with zero attached hydrogens (tertiary/aromatic N) is 3. The van der Waals surface area contributed by atoms with E-state index in [1.807, 2.05) is 30.0 Å². The highest BCUT2D eigenvalue weighted by atomic mass is 35.5. The van der Waals surface area contributed by atoms with Crippen molar-refractivity contribution >= 4 is 34.1 Å². The molecule has 3 fully saturated rings. The third-order valence-electron chi connectivity index (χ3n) is 7.01. The molecule has 1 N–H and O–H groups in total.